The largest absolute Gasteiger partial charge is 0.337 e. The molecule has 0 saturated heterocycles. The van der Waals surface area contributed by atoms with Gasteiger partial charge in [0.05, 0.1) is 16.1 Å². The summed E-state index contributed by atoms with van der Waals surface area (Å²) in [5.41, 5.74) is 0.843. The Bertz CT molecular complexity index is 800. The number of hydrogen-bond acceptors (Lipinski definition) is 5. The van der Waals surface area contributed by atoms with Gasteiger partial charge in [-0.3, -0.25) is 10.1 Å². The van der Waals surface area contributed by atoms with Gasteiger partial charge in [0.1, 0.15) is 0 Å². The number of nitrogens with zero attached hydrogens (tertiary/aromatic N) is 3. The van der Waals surface area contributed by atoms with E-state index >= 15 is 0 Å². The number of nitro benzene ring substituents is 1. The van der Waals surface area contributed by atoms with E-state index < -0.39 is 14.9 Å². The summed E-state index contributed by atoms with van der Waals surface area (Å²) in [4.78, 5) is 14.3. The van der Waals surface area contributed by atoms with Gasteiger partial charge in [-0.25, -0.2) is 18.1 Å². The zero-order valence-corrected chi connectivity index (χ0v) is 13.7. The molecule has 0 fully saturated rings. The Morgan fingerprint density at radius 2 is 2.09 bits per heavy atom. The van der Waals surface area contributed by atoms with Gasteiger partial charge in [-0.15, -0.1) is 0 Å². The molecule has 0 saturated carbocycles. The van der Waals surface area contributed by atoms with Crippen LogP contribution >= 0.6 is 0 Å². The fraction of sp³-hybridized carbons (Fsp3) is 0.357. The van der Waals surface area contributed by atoms with Crippen LogP contribution in [0.25, 0.3) is 0 Å². The van der Waals surface area contributed by atoms with Gasteiger partial charge in [-0.1, -0.05) is 0 Å². The van der Waals surface area contributed by atoms with Crippen LogP contribution in [0.5, 0.6) is 0 Å². The monoisotopic (exact) mass is 338 g/mol. The number of hydrogen-bond donors (Lipinski definition) is 1. The molecule has 1 heterocycles. The van der Waals surface area contributed by atoms with Gasteiger partial charge in [0.2, 0.25) is 10.0 Å². The first-order valence-electron chi connectivity index (χ1n) is 7.02. The summed E-state index contributed by atoms with van der Waals surface area (Å²) in [5, 5.41) is 11.0. The second kappa shape index (κ2) is 6.88. The number of sulfonamides is 1. The zero-order chi connectivity index (χ0) is 17.0. The molecule has 2 rings (SSSR count). The number of aromatic nitrogens is 2. The van der Waals surface area contributed by atoms with Crippen molar-refractivity contribution < 1.29 is 13.3 Å². The molecule has 0 aliphatic heterocycles. The molecule has 1 aromatic heterocycles. The predicted octanol–water partition coefficient (Wildman–Crippen LogP) is 1.78. The quantitative estimate of drug-likeness (QED) is 0.470. The maximum atomic E-state index is 12.3. The van der Waals surface area contributed by atoms with E-state index in [4.69, 9.17) is 0 Å². The van der Waals surface area contributed by atoms with E-state index in [0.29, 0.717) is 24.1 Å². The van der Waals surface area contributed by atoms with Crippen molar-refractivity contribution in [3.8, 4) is 0 Å². The molecule has 0 spiro atoms. The zero-order valence-electron chi connectivity index (χ0n) is 12.9. The van der Waals surface area contributed by atoms with Gasteiger partial charge < -0.3 is 4.57 Å². The molecule has 0 amide bonds. The molecular weight excluding hydrogens is 320 g/mol. The van der Waals surface area contributed by atoms with Crippen LogP contribution in [-0.4, -0.2) is 29.4 Å². The van der Waals surface area contributed by atoms with Crippen LogP contribution in [0.15, 0.2) is 35.7 Å². The number of nitro groups is 1. The van der Waals surface area contributed by atoms with E-state index in [2.05, 4.69) is 9.71 Å². The molecular formula is C14H18N4O4S. The molecule has 124 valence electrons. The smallest absolute Gasteiger partial charge is 0.273 e. The first-order chi connectivity index (χ1) is 10.8. The first kappa shape index (κ1) is 17.1. The van der Waals surface area contributed by atoms with Crippen molar-refractivity contribution in [2.75, 3.05) is 6.54 Å². The van der Waals surface area contributed by atoms with E-state index in [0.717, 1.165) is 6.07 Å². The Balaban J connectivity index is 2.08. The van der Waals surface area contributed by atoms with Crippen molar-refractivity contribution >= 4 is 15.7 Å². The van der Waals surface area contributed by atoms with Crippen molar-refractivity contribution in [1.29, 1.82) is 0 Å². The second-order valence-corrected chi connectivity index (χ2v) is 6.96. The fourth-order valence-electron chi connectivity index (χ4n) is 2.12. The molecule has 0 unspecified atom stereocenters. The molecule has 23 heavy (non-hydrogen) atoms. The number of benzene rings is 1. The lowest BCUT2D eigenvalue weighted by molar-refractivity contribution is -0.385. The topological polar surface area (TPSA) is 107 Å². The van der Waals surface area contributed by atoms with E-state index in [9.17, 15) is 18.5 Å². The molecule has 0 aliphatic rings. The van der Waals surface area contributed by atoms with Crippen LogP contribution in [-0.2, 0) is 16.6 Å². The molecule has 0 radical (unpaired) electrons. The summed E-state index contributed by atoms with van der Waals surface area (Å²) >= 11 is 0. The highest BCUT2D eigenvalue weighted by atomic mass is 32.2. The summed E-state index contributed by atoms with van der Waals surface area (Å²) in [6.45, 7) is 4.12. The highest BCUT2D eigenvalue weighted by molar-refractivity contribution is 7.89. The molecule has 1 N–H and O–H groups in total. The normalized spacial score (nSPS) is 11.6. The highest BCUT2D eigenvalue weighted by Gasteiger charge is 2.21. The third-order valence-corrected chi connectivity index (χ3v) is 5.01. The first-order valence-corrected chi connectivity index (χ1v) is 8.50. The lowest BCUT2D eigenvalue weighted by Gasteiger charge is -2.09. The van der Waals surface area contributed by atoms with Crippen LogP contribution in [0.3, 0.4) is 0 Å². The van der Waals surface area contributed by atoms with Crippen LogP contribution in [0, 0.1) is 24.0 Å². The summed E-state index contributed by atoms with van der Waals surface area (Å²) in [6.07, 6.45) is 5.68. The van der Waals surface area contributed by atoms with Crippen molar-refractivity contribution in [3.05, 3.63) is 52.1 Å². The van der Waals surface area contributed by atoms with Gasteiger partial charge in [0.25, 0.3) is 5.69 Å². The Kier molecular flexibility index (Phi) is 5.12. The van der Waals surface area contributed by atoms with Crippen molar-refractivity contribution in [1.82, 2.24) is 14.3 Å². The van der Waals surface area contributed by atoms with Gasteiger partial charge >= 0.3 is 0 Å². The van der Waals surface area contributed by atoms with Crippen molar-refractivity contribution in [3.63, 3.8) is 0 Å². The Labute approximate surface area is 134 Å². The standard InChI is InChI=1S/C14H18N4O4S/c1-11-8-13(9-14(12(11)2)18(19)20)23(21,22)16-4-3-6-17-7-5-15-10-17/h5,7-10,16H,3-4,6H2,1-2H3. The minimum atomic E-state index is -3.78. The predicted molar refractivity (Wildman–Crippen MR) is 84.6 cm³/mol. The minimum Gasteiger partial charge on any atom is -0.337 e. The van der Waals surface area contributed by atoms with Crippen LogP contribution in [0.4, 0.5) is 5.69 Å². The van der Waals surface area contributed by atoms with E-state index in [1.807, 2.05) is 4.57 Å². The Morgan fingerprint density at radius 1 is 1.35 bits per heavy atom. The summed E-state index contributed by atoms with van der Waals surface area (Å²) in [6, 6.07) is 2.54. The number of rotatable bonds is 7. The van der Waals surface area contributed by atoms with E-state index in [-0.39, 0.29) is 17.1 Å². The molecule has 8 nitrogen and oxygen atoms in total. The molecule has 0 aliphatic carbocycles. The maximum Gasteiger partial charge on any atom is 0.273 e. The maximum absolute atomic E-state index is 12.3. The SMILES string of the molecule is Cc1cc(S(=O)(=O)NCCCn2ccnc2)cc([N+](=O)[O-])c1C. The average Bonchev–Trinajstić information content (AvgIpc) is 2.99. The number of nitrogens with one attached hydrogen (secondary N) is 1. The third kappa shape index (κ3) is 4.14. The van der Waals surface area contributed by atoms with Gasteiger partial charge in [0, 0.05) is 37.1 Å². The third-order valence-electron chi connectivity index (χ3n) is 3.56. The van der Waals surface area contributed by atoms with E-state index in [1.54, 1.807) is 32.6 Å². The van der Waals surface area contributed by atoms with Crippen molar-refractivity contribution in [2.24, 2.45) is 0 Å². The summed E-state index contributed by atoms with van der Waals surface area (Å²) in [5.74, 6) is 0. The van der Waals surface area contributed by atoms with E-state index in [1.165, 1.54) is 6.07 Å². The molecule has 0 bridgehead atoms. The Hall–Kier alpha value is -2.26. The average molecular weight is 338 g/mol. The minimum absolute atomic E-state index is 0.0880. The Morgan fingerprint density at radius 3 is 2.70 bits per heavy atom. The van der Waals surface area contributed by atoms with Crippen LogP contribution < -0.4 is 4.72 Å². The van der Waals surface area contributed by atoms with Crippen LogP contribution in [0.1, 0.15) is 17.5 Å². The summed E-state index contributed by atoms with van der Waals surface area (Å²) in [7, 11) is -3.78. The van der Waals surface area contributed by atoms with Gasteiger partial charge in [0.15, 0.2) is 0 Å². The highest BCUT2D eigenvalue weighted by Crippen LogP contribution is 2.25. The number of aryl methyl sites for hydroxylation is 2. The molecule has 2 aromatic rings. The van der Waals surface area contributed by atoms with Gasteiger partial charge in [-0.05, 0) is 31.9 Å². The fourth-order valence-corrected chi connectivity index (χ4v) is 3.30. The molecule has 1 aromatic carbocycles. The van der Waals surface area contributed by atoms with Gasteiger partial charge in [-0.2, -0.15) is 0 Å². The van der Waals surface area contributed by atoms with Crippen LogP contribution in [0.2, 0.25) is 0 Å². The van der Waals surface area contributed by atoms with Crippen molar-refractivity contribution in [2.45, 2.75) is 31.7 Å². The second-order valence-electron chi connectivity index (χ2n) is 5.19. The molecule has 0 atom stereocenters. The lowest BCUT2D eigenvalue weighted by Crippen LogP contribution is -2.25. The summed E-state index contributed by atoms with van der Waals surface area (Å²) < 4.78 is 28.9. The molecule has 9 heteroatoms. The lowest BCUT2D eigenvalue weighted by atomic mass is 10.1. The number of imidazole rings is 1.